The van der Waals surface area contributed by atoms with Crippen LogP contribution in [0.25, 0.3) is 11.0 Å². The summed E-state index contributed by atoms with van der Waals surface area (Å²) in [5.74, 6) is 0.373. The van der Waals surface area contributed by atoms with Crippen molar-refractivity contribution < 1.29 is 4.79 Å². The Morgan fingerprint density at radius 2 is 2.04 bits per heavy atom. The molecule has 25 heavy (non-hydrogen) atoms. The number of benzene rings is 2. The summed E-state index contributed by atoms with van der Waals surface area (Å²) in [7, 11) is 0. The predicted octanol–water partition coefficient (Wildman–Crippen LogP) is 4.28. The molecule has 1 heterocycles. The van der Waals surface area contributed by atoms with Gasteiger partial charge >= 0.3 is 0 Å². The highest BCUT2D eigenvalue weighted by atomic mass is 32.2. The first-order valence-electron chi connectivity index (χ1n) is 8.74. The molecule has 3 aromatic rings. The van der Waals surface area contributed by atoms with E-state index in [9.17, 15) is 4.79 Å². The SMILES string of the molecule is CCn1c(SCC(=O)Nc2ccc3c(c2)CCC3)nc2ccccc21. The molecule has 2 aromatic carbocycles. The fourth-order valence-corrected chi connectivity index (χ4v) is 4.32. The number of hydrogen-bond donors (Lipinski definition) is 1. The number of fused-ring (bicyclic) bond motifs is 2. The van der Waals surface area contributed by atoms with Gasteiger partial charge in [0.2, 0.25) is 5.91 Å². The minimum absolute atomic E-state index is 0.0117. The Bertz CT molecular complexity index is 932. The molecule has 1 aliphatic rings. The zero-order valence-corrected chi connectivity index (χ0v) is 15.1. The fourth-order valence-electron chi connectivity index (χ4n) is 3.45. The molecular formula is C20H21N3OS. The van der Waals surface area contributed by atoms with E-state index in [2.05, 4.69) is 40.0 Å². The van der Waals surface area contributed by atoms with Gasteiger partial charge in [0.15, 0.2) is 5.16 Å². The zero-order chi connectivity index (χ0) is 17.2. The van der Waals surface area contributed by atoms with Crippen LogP contribution in [0.15, 0.2) is 47.6 Å². The first-order valence-corrected chi connectivity index (χ1v) is 9.73. The van der Waals surface area contributed by atoms with Crippen LogP contribution in [0.2, 0.25) is 0 Å². The molecule has 0 aliphatic heterocycles. The third-order valence-corrected chi connectivity index (χ3v) is 5.63. The summed E-state index contributed by atoms with van der Waals surface area (Å²) < 4.78 is 2.16. The summed E-state index contributed by atoms with van der Waals surface area (Å²) in [5, 5.41) is 3.91. The molecule has 0 spiro atoms. The normalized spacial score (nSPS) is 13.2. The van der Waals surface area contributed by atoms with Gasteiger partial charge in [0.25, 0.3) is 0 Å². The molecule has 0 bridgehead atoms. The van der Waals surface area contributed by atoms with Gasteiger partial charge in [0.1, 0.15) is 0 Å². The molecule has 0 atom stereocenters. The monoisotopic (exact) mass is 351 g/mol. The Kier molecular flexibility index (Phi) is 4.49. The van der Waals surface area contributed by atoms with Gasteiger partial charge in [-0.3, -0.25) is 4.79 Å². The average Bonchev–Trinajstić information content (AvgIpc) is 3.23. The first kappa shape index (κ1) is 16.2. The van der Waals surface area contributed by atoms with E-state index < -0.39 is 0 Å². The van der Waals surface area contributed by atoms with Crippen LogP contribution in [0.4, 0.5) is 5.69 Å². The van der Waals surface area contributed by atoms with Gasteiger partial charge in [0, 0.05) is 12.2 Å². The van der Waals surface area contributed by atoms with Gasteiger partial charge in [-0.05, 0) is 61.6 Å². The fraction of sp³-hybridized carbons (Fsp3) is 0.300. The van der Waals surface area contributed by atoms with Crippen LogP contribution in [-0.4, -0.2) is 21.2 Å². The van der Waals surface area contributed by atoms with E-state index in [-0.39, 0.29) is 5.91 Å². The predicted molar refractivity (Wildman–Crippen MR) is 103 cm³/mol. The Morgan fingerprint density at radius 1 is 1.20 bits per heavy atom. The number of aromatic nitrogens is 2. The number of imidazole rings is 1. The third-order valence-electron chi connectivity index (χ3n) is 4.65. The lowest BCUT2D eigenvalue weighted by Crippen LogP contribution is -2.14. The van der Waals surface area contributed by atoms with E-state index >= 15 is 0 Å². The van der Waals surface area contributed by atoms with E-state index in [1.54, 1.807) is 0 Å². The standard InChI is InChI=1S/C20H21N3OS/c1-2-23-18-9-4-3-8-17(18)22-20(23)25-13-19(24)21-16-11-10-14-6-5-7-15(14)12-16/h3-4,8-12H,2,5-7,13H2,1H3,(H,21,24). The maximum absolute atomic E-state index is 12.3. The molecule has 0 saturated carbocycles. The Hall–Kier alpha value is -2.27. The van der Waals surface area contributed by atoms with Crippen molar-refractivity contribution in [3.05, 3.63) is 53.6 Å². The maximum atomic E-state index is 12.3. The van der Waals surface area contributed by atoms with Crippen molar-refractivity contribution in [1.29, 1.82) is 0 Å². The van der Waals surface area contributed by atoms with Gasteiger partial charge in [-0.15, -0.1) is 0 Å². The number of hydrogen-bond acceptors (Lipinski definition) is 3. The highest BCUT2D eigenvalue weighted by Crippen LogP contribution is 2.26. The van der Waals surface area contributed by atoms with Crippen LogP contribution in [0.3, 0.4) is 0 Å². The number of amides is 1. The molecule has 5 heteroatoms. The molecule has 1 amide bonds. The Labute approximate surface area is 151 Å². The van der Waals surface area contributed by atoms with Crippen LogP contribution in [-0.2, 0) is 24.2 Å². The molecule has 0 saturated heterocycles. The van der Waals surface area contributed by atoms with Gasteiger partial charge in [-0.2, -0.15) is 0 Å². The van der Waals surface area contributed by atoms with Crippen molar-refractivity contribution >= 4 is 34.4 Å². The summed E-state index contributed by atoms with van der Waals surface area (Å²) in [6.07, 6.45) is 3.50. The summed E-state index contributed by atoms with van der Waals surface area (Å²) >= 11 is 1.49. The highest BCUT2D eigenvalue weighted by Gasteiger charge is 2.14. The minimum atomic E-state index is 0.0117. The molecule has 4 nitrogen and oxygen atoms in total. The van der Waals surface area contributed by atoms with Crippen molar-refractivity contribution in [3.8, 4) is 0 Å². The van der Waals surface area contributed by atoms with Crippen LogP contribution in [0, 0.1) is 0 Å². The van der Waals surface area contributed by atoms with Crippen LogP contribution < -0.4 is 5.32 Å². The van der Waals surface area contributed by atoms with E-state index in [1.165, 1.54) is 29.3 Å². The van der Waals surface area contributed by atoms with Crippen LogP contribution in [0.1, 0.15) is 24.5 Å². The second kappa shape index (κ2) is 6.92. The van der Waals surface area contributed by atoms with Crippen molar-refractivity contribution in [2.24, 2.45) is 0 Å². The second-order valence-corrected chi connectivity index (χ2v) is 7.24. The number of carbonyl (C=O) groups is 1. The van der Waals surface area contributed by atoms with E-state index in [4.69, 9.17) is 0 Å². The Morgan fingerprint density at radius 3 is 2.92 bits per heavy atom. The lowest BCUT2D eigenvalue weighted by Gasteiger charge is -2.08. The molecule has 128 valence electrons. The number of aryl methyl sites for hydroxylation is 3. The molecule has 0 fully saturated rings. The maximum Gasteiger partial charge on any atom is 0.234 e. The lowest BCUT2D eigenvalue weighted by atomic mass is 10.1. The minimum Gasteiger partial charge on any atom is -0.325 e. The van der Waals surface area contributed by atoms with Crippen molar-refractivity contribution in [2.45, 2.75) is 37.9 Å². The van der Waals surface area contributed by atoms with E-state index in [0.717, 1.165) is 41.3 Å². The van der Waals surface area contributed by atoms with Crippen molar-refractivity contribution in [1.82, 2.24) is 9.55 Å². The Balaban J connectivity index is 1.44. The summed E-state index contributed by atoms with van der Waals surface area (Å²) in [5.41, 5.74) is 5.79. The third kappa shape index (κ3) is 3.29. The number of anilines is 1. The topological polar surface area (TPSA) is 46.9 Å². The summed E-state index contributed by atoms with van der Waals surface area (Å²) in [6, 6.07) is 14.4. The van der Waals surface area contributed by atoms with E-state index in [0.29, 0.717) is 5.75 Å². The second-order valence-electron chi connectivity index (χ2n) is 6.30. The molecule has 1 aliphatic carbocycles. The summed E-state index contributed by atoms with van der Waals surface area (Å²) in [4.78, 5) is 17.0. The molecule has 1 aromatic heterocycles. The van der Waals surface area contributed by atoms with E-state index in [1.807, 2.05) is 24.3 Å². The van der Waals surface area contributed by atoms with Crippen molar-refractivity contribution in [3.63, 3.8) is 0 Å². The van der Waals surface area contributed by atoms with Gasteiger partial charge in [0.05, 0.1) is 16.8 Å². The first-order chi connectivity index (χ1) is 12.2. The number of para-hydroxylation sites is 2. The number of rotatable bonds is 5. The highest BCUT2D eigenvalue weighted by molar-refractivity contribution is 7.99. The molecule has 0 unspecified atom stereocenters. The molecule has 1 N–H and O–H groups in total. The number of carbonyl (C=O) groups excluding carboxylic acids is 1. The molecule has 4 rings (SSSR count). The lowest BCUT2D eigenvalue weighted by molar-refractivity contribution is -0.113. The summed E-state index contributed by atoms with van der Waals surface area (Å²) in [6.45, 7) is 2.94. The average molecular weight is 351 g/mol. The number of nitrogens with zero attached hydrogens (tertiary/aromatic N) is 2. The van der Waals surface area contributed by atoms with Crippen LogP contribution in [0.5, 0.6) is 0 Å². The molecular weight excluding hydrogens is 330 g/mol. The quantitative estimate of drug-likeness (QED) is 0.698. The number of thioether (sulfide) groups is 1. The number of nitrogens with one attached hydrogen (secondary N) is 1. The van der Waals surface area contributed by atoms with Crippen molar-refractivity contribution in [2.75, 3.05) is 11.1 Å². The van der Waals surface area contributed by atoms with Gasteiger partial charge < -0.3 is 9.88 Å². The van der Waals surface area contributed by atoms with Gasteiger partial charge in [-0.25, -0.2) is 4.98 Å². The van der Waals surface area contributed by atoms with Crippen LogP contribution >= 0.6 is 11.8 Å². The van der Waals surface area contributed by atoms with Gasteiger partial charge in [-0.1, -0.05) is 30.0 Å². The smallest absolute Gasteiger partial charge is 0.234 e. The zero-order valence-electron chi connectivity index (χ0n) is 14.3. The largest absolute Gasteiger partial charge is 0.325 e. The molecule has 0 radical (unpaired) electrons.